The van der Waals surface area contributed by atoms with E-state index in [1.54, 1.807) is 60.7 Å². The van der Waals surface area contributed by atoms with Crippen LogP contribution in [-0.4, -0.2) is 20.9 Å². The largest absolute Gasteiger partial charge is 0.425 e. The van der Waals surface area contributed by atoms with E-state index in [1.165, 1.54) is 0 Å². The number of ether oxygens (including phenoxy) is 1. The summed E-state index contributed by atoms with van der Waals surface area (Å²) in [6, 6.07) is 26.5. The van der Waals surface area contributed by atoms with Gasteiger partial charge in [-0.1, -0.05) is 48.5 Å². The summed E-state index contributed by atoms with van der Waals surface area (Å²) >= 11 is 0. The highest BCUT2D eigenvalue weighted by atomic mass is 32.2. The first kappa shape index (κ1) is 19.8. The first-order valence-electron chi connectivity index (χ1n) is 9.83. The molecular formula is C25H16N2O4S. The summed E-state index contributed by atoms with van der Waals surface area (Å²) in [5.74, 6) is -0.357. The highest BCUT2D eigenvalue weighted by Crippen LogP contribution is 2.41. The van der Waals surface area contributed by atoms with E-state index in [2.05, 4.69) is 6.07 Å². The molecule has 0 saturated heterocycles. The Morgan fingerprint density at radius 1 is 0.875 bits per heavy atom. The minimum atomic E-state index is -3.82. The number of carbonyl (C=O) groups is 1. The molecule has 1 heterocycles. The highest BCUT2D eigenvalue weighted by Gasteiger charge is 2.37. The van der Waals surface area contributed by atoms with Crippen LogP contribution in [0.1, 0.15) is 5.56 Å². The van der Waals surface area contributed by atoms with Gasteiger partial charge in [0, 0.05) is 5.39 Å². The fourth-order valence-corrected chi connectivity index (χ4v) is 5.52. The second-order valence-electron chi connectivity index (χ2n) is 7.33. The third-order valence-electron chi connectivity index (χ3n) is 5.39. The van der Waals surface area contributed by atoms with Crippen LogP contribution in [0.25, 0.3) is 21.9 Å². The molecular weight excluding hydrogens is 424 g/mol. The van der Waals surface area contributed by atoms with E-state index >= 15 is 0 Å². The number of anilines is 1. The minimum absolute atomic E-state index is 0.199. The van der Waals surface area contributed by atoms with E-state index in [9.17, 15) is 13.2 Å². The molecule has 0 unspecified atom stereocenters. The van der Waals surface area contributed by atoms with Crippen LogP contribution in [0.4, 0.5) is 5.69 Å². The van der Waals surface area contributed by atoms with Crippen molar-refractivity contribution in [3.8, 4) is 22.9 Å². The number of carbonyl (C=O) groups excluding carboxylic acids is 1. The lowest BCUT2D eigenvalue weighted by molar-refractivity contribution is -0.132. The lowest BCUT2D eigenvalue weighted by Crippen LogP contribution is -2.34. The number of nitrogens with zero attached hydrogens (tertiary/aromatic N) is 2. The third kappa shape index (κ3) is 3.27. The molecule has 0 aromatic heterocycles. The fourth-order valence-electron chi connectivity index (χ4n) is 3.86. The summed E-state index contributed by atoms with van der Waals surface area (Å²) in [5, 5.41) is 10.3. The Balaban J connectivity index is 1.34. The van der Waals surface area contributed by atoms with Crippen LogP contribution in [0.5, 0.6) is 5.75 Å². The second kappa shape index (κ2) is 7.52. The van der Waals surface area contributed by atoms with E-state index in [0.29, 0.717) is 22.4 Å². The number of rotatable bonds is 4. The molecule has 1 aliphatic heterocycles. The van der Waals surface area contributed by atoms with Crippen molar-refractivity contribution >= 4 is 32.5 Å². The van der Waals surface area contributed by atoms with Gasteiger partial charge in [0.1, 0.15) is 12.3 Å². The first-order chi connectivity index (χ1) is 15.5. The van der Waals surface area contributed by atoms with Crippen LogP contribution in [0.15, 0.2) is 89.8 Å². The Labute approximate surface area is 185 Å². The summed E-state index contributed by atoms with van der Waals surface area (Å²) in [5.41, 5.74) is 2.88. The van der Waals surface area contributed by atoms with E-state index < -0.39 is 22.5 Å². The van der Waals surface area contributed by atoms with Crippen molar-refractivity contribution in [1.29, 1.82) is 5.26 Å². The van der Waals surface area contributed by atoms with E-state index in [0.717, 1.165) is 20.8 Å². The molecule has 0 spiro atoms. The maximum Gasteiger partial charge on any atom is 0.332 e. The van der Waals surface area contributed by atoms with Gasteiger partial charge < -0.3 is 4.74 Å². The Morgan fingerprint density at radius 3 is 2.16 bits per heavy atom. The molecule has 0 amide bonds. The standard InChI is InChI=1S/C25H16N2O4S/c26-15-17-7-9-18(10-8-17)19-11-13-21(14-12-19)31-24(28)16-27-22-5-1-3-20-4-2-6-23(25(20)22)32(27,29)30/h1-14H,16H2. The van der Waals surface area contributed by atoms with Gasteiger partial charge in [-0.15, -0.1) is 0 Å². The average molecular weight is 440 g/mol. The summed E-state index contributed by atoms with van der Waals surface area (Å²) < 4.78 is 32.5. The van der Waals surface area contributed by atoms with Crippen LogP contribution < -0.4 is 9.04 Å². The molecule has 4 aromatic rings. The SMILES string of the molecule is N#Cc1ccc(-c2ccc(OC(=O)CN3c4cccc5cccc(c45)S3(=O)=O)cc2)cc1. The smallest absolute Gasteiger partial charge is 0.332 e. The zero-order chi connectivity index (χ0) is 22.3. The number of nitriles is 1. The Morgan fingerprint density at radius 2 is 1.50 bits per heavy atom. The van der Waals surface area contributed by atoms with Crippen LogP contribution >= 0.6 is 0 Å². The Kier molecular flexibility index (Phi) is 4.65. The molecule has 6 nitrogen and oxygen atoms in total. The summed E-state index contributed by atoms with van der Waals surface area (Å²) in [6.07, 6.45) is 0. The topological polar surface area (TPSA) is 87.5 Å². The molecule has 32 heavy (non-hydrogen) atoms. The monoisotopic (exact) mass is 440 g/mol. The first-order valence-corrected chi connectivity index (χ1v) is 11.3. The normalized spacial score (nSPS) is 13.7. The second-order valence-corrected chi connectivity index (χ2v) is 9.16. The number of esters is 1. The summed E-state index contributed by atoms with van der Waals surface area (Å²) in [4.78, 5) is 12.8. The summed E-state index contributed by atoms with van der Waals surface area (Å²) in [6.45, 7) is -0.423. The molecule has 5 rings (SSSR count). The zero-order valence-corrected chi connectivity index (χ0v) is 17.5. The molecule has 0 atom stereocenters. The average Bonchev–Trinajstić information content (AvgIpc) is 3.03. The lowest BCUT2D eigenvalue weighted by Gasteiger charge is -2.17. The van der Waals surface area contributed by atoms with Crippen molar-refractivity contribution < 1.29 is 17.9 Å². The van der Waals surface area contributed by atoms with Gasteiger partial charge in [-0.2, -0.15) is 5.26 Å². The zero-order valence-electron chi connectivity index (χ0n) is 16.7. The maximum absolute atomic E-state index is 13.0. The van der Waals surface area contributed by atoms with Gasteiger partial charge in [-0.25, -0.2) is 13.2 Å². The van der Waals surface area contributed by atoms with Crippen molar-refractivity contribution in [2.45, 2.75) is 4.90 Å². The molecule has 4 aromatic carbocycles. The van der Waals surface area contributed by atoms with Gasteiger partial charge in [-0.05, 0) is 52.9 Å². The van der Waals surface area contributed by atoms with Crippen molar-refractivity contribution in [3.05, 3.63) is 90.5 Å². The van der Waals surface area contributed by atoms with Crippen molar-refractivity contribution in [3.63, 3.8) is 0 Å². The Bertz CT molecular complexity index is 1500. The summed E-state index contributed by atoms with van der Waals surface area (Å²) in [7, 11) is -3.82. The van der Waals surface area contributed by atoms with E-state index in [1.807, 2.05) is 24.3 Å². The molecule has 0 radical (unpaired) electrons. The number of hydrogen-bond acceptors (Lipinski definition) is 5. The van der Waals surface area contributed by atoms with Gasteiger partial charge in [-0.3, -0.25) is 4.31 Å². The van der Waals surface area contributed by atoms with Gasteiger partial charge in [0.2, 0.25) is 0 Å². The fraction of sp³-hybridized carbons (Fsp3) is 0.0400. The predicted molar refractivity (Wildman–Crippen MR) is 121 cm³/mol. The van der Waals surface area contributed by atoms with E-state index in [-0.39, 0.29) is 4.90 Å². The number of hydrogen-bond donors (Lipinski definition) is 0. The molecule has 0 N–H and O–H groups in total. The minimum Gasteiger partial charge on any atom is -0.425 e. The van der Waals surface area contributed by atoms with Crippen molar-refractivity contribution in [2.75, 3.05) is 10.8 Å². The van der Waals surface area contributed by atoms with Crippen LogP contribution in [0, 0.1) is 11.3 Å². The number of benzene rings is 4. The van der Waals surface area contributed by atoms with Crippen LogP contribution in [0.3, 0.4) is 0 Å². The molecule has 156 valence electrons. The molecule has 0 bridgehead atoms. The third-order valence-corrected chi connectivity index (χ3v) is 7.19. The molecule has 0 saturated carbocycles. The molecule has 1 aliphatic rings. The molecule has 0 aliphatic carbocycles. The Hall–Kier alpha value is -4.15. The quantitative estimate of drug-likeness (QED) is 0.345. The van der Waals surface area contributed by atoms with Gasteiger partial charge in [0.05, 0.1) is 22.2 Å². The molecule has 7 heteroatoms. The van der Waals surface area contributed by atoms with Crippen LogP contribution in [-0.2, 0) is 14.8 Å². The van der Waals surface area contributed by atoms with Gasteiger partial charge >= 0.3 is 5.97 Å². The van der Waals surface area contributed by atoms with Gasteiger partial charge in [0.25, 0.3) is 10.0 Å². The van der Waals surface area contributed by atoms with Crippen LogP contribution in [0.2, 0.25) is 0 Å². The van der Waals surface area contributed by atoms with E-state index in [4.69, 9.17) is 10.00 Å². The lowest BCUT2D eigenvalue weighted by atomic mass is 10.0. The highest BCUT2D eigenvalue weighted by molar-refractivity contribution is 7.93. The van der Waals surface area contributed by atoms with Gasteiger partial charge in [0.15, 0.2) is 0 Å². The van der Waals surface area contributed by atoms with Crippen molar-refractivity contribution in [2.24, 2.45) is 0 Å². The van der Waals surface area contributed by atoms with Crippen molar-refractivity contribution in [1.82, 2.24) is 0 Å². The molecule has 0 fully saturated rings. The predicted octanol–water partition coefficient (Wildman–Crippen LogP) is 4.49. The number of sulfonamides is 1. The maximum atomic E-state index is 13.0.